The lowest BCUT2D eigenvalue weighted by atomic mass is 10.1. The van der Waals surface area contributed by atoms with Gasteiger partial charge in [0.15, 0.2) is 0 Å². The highest BCUT2D eigenvalue weighted by Gasteiger charge is 2.27. The number of amides is 2. The van der Waals surface area contributed by atoms with Gasteiger partial charge >= 0.3 is 12.2 Å². The zero-order valence-electron chi connectivity index (χ0n) is 17.6. The van der Waals surface area contributed by atoms with Crippen LogP contribution in [-0.2, 0) is 29.1 Å². The Morgan fingerprint density at radius 1 is 0.750 bits per heavy atom. The molecule has 0 bridgehead atoms. The lowest BCUT2D eigenvalue weighted by Crippen LogP contribution is -2.54. The highest BCUT2D eigenvalue weighted by Crippen LogP contribution is 2.11. The van der Waals surface area contributed by atoms with Crippen molar-refractivity contribution in [3.63, 3.8) is 0 Å². The van der Waals surface area contributed by atoms with Crippen LogP contribution in [0.15, 0.2) is 91.0 Å². The fourth-order valence-electron chi connectivity index (χ4n) is 3.05. The minimum absolute atomic E-state index is 0.0282. The van der Waals surface area contributed by atoms with E-state index in [2.05, 4.69) is 5.43 Å². The summed E-state index contributed by atoms with van der Waals surface area (Å²) in [5.74, 6) is 0. The number of rotatable bonds is 8. The Hall–Kier alpha value is -3.84. The molecule has 7 nitrogen and oxygen atoms in total. The van der Waals surface area contributed by atoms with Crippen molar-refractivity contribution in [1.29, 1.82) is 0 Å². The summed E-state index contributed by atoms with van der Waals surface area (Å²) < 4.78 is 10.6. The molecule has 0 radical (unpaired) electrons. The van der Waals surface area contributed by atoms with Gasteiger partial charge in [-0.2, -0.15) is 0 Å². The van der Waals surface area contributed by atoms with Crippen LogP contribution in [0.5, 0.6) is 0 Å². The van der Waals surface area contributed by atoms with E-state index in [1.165, 1.54) is 0 Å². The molecular formula is C25H26N2O5. The van der Waals surface area contributed by atoms with Gasteiger partial charge in [0, 0.05) is 0 Å². The molecule has 3 aromatic rings. The third-order valence-corrected chi connectivity index (χ3v) is 4.72. The molecule has 0 aliphatic rings. The molecule has 166 valence electrons. The van der Waals surface area contributed by atoms with Crippen molar-refractivity contribution in [2.24, 2.45) is 0 Å². The van der Waals surface area contributed by atoms with Crippen LogP contribution in [0.25, 0.3) is 0 Å². The number of carbonyl (C=O) groups is 2. The number of hydrogen-bond acceptors (Lipinski definition) is 5. The van der Waals surface area contributed by atoms with Gasteiger partial charge < -0.3 is 14.6 Å². The number of carbonyl (C=O) groups excluding carboxylic acids is 2. The Morgan fingerprint density at radius 2 is 1.22 bits per heavy atom. The third kappa shape index (κ3) is 7.14. The first kappa shape index (κ1) is 22.8. The lowest BCUT2D eigenvalue weighted by Gasteiger charge is -2.29. The van der Waals surface area contributed by atoms with Crippen molar-refractivity contribution < 1.29 is 24.2 Å². The fraction of sp³-hybridized carbons (Fsp3) is 0.200. The lowest BCUT2D eigenvalue weighted by molar-refractivity contribution is 0.0322. The predicted octanol–water partition coefficient (Wildman–Crippen LogP) is 4.07. The normalized spacial score (nSPS) is 11.3. The van der Waals surface area contributed by atoms with E-state index in [0.29, 0.717) is 6.42 Å². The van der Waals surface area contributed by atoms with Crippen LogP contribution in [0.2, 0.25) is 0 Å². The second kappa shape index (κ2) is 12.1. The molecule has 0 heterocycles. The molecule has 3 aromatic carbocycles. The Balaban J connectivity index is 1.68. The molecule has 1 unspecified atom stereocenters. The maximum Gasteiger partial charge on any atom is 0.429 e. The van der Waals surface area contributed by atoms with Crippen LogP contribution < -0.4 is 5.43 Å². The second-order valence-electron chi connectivity index (χ2n) is 7.11. The van der Waals surface area contributed by atoms with Crippen molar-refractivity contribution in [3.05, 3.63) is 108 Å². The van der Waals surface area contributed by atoms with Gasteiger partial charge in [-0.1, -0.05) is 91.0 Å². The maximum absolute atomic E-state index is 12.8. The summed E-state index contributed by atoms with van der Waals surface area (Å²) in [4.78, 5) is 25.3. The summed E-state index contributed by atoms with van der Waals surface area (Å²) in [6.07, 6.45) is -1.30. The van der Waals surface area contributed by atoms with Gasteiger partial charge in [-0.15, -0.1) is 0 Å². The molecule has 0 aromatic heterocycles. The van der Waals surface area contributed by atoms with Gasteiger partial charge in [0.2, 0.25) is 0 Å². The minimum atomic E-state index is -0.822. The molecule has 2 amide bonds. The summed E-state index contributed by atoms with van der Waals surface area (Å²) in [5, 5.41) is 11.0. The van der Waals surface area contributed by atoms with Crippen molar-refractivity contribution in [1.82, 2.24) is 10.4 Å². The summed E-state index contributed by atoms with van der Waals surface area (Å²) >= 11 is 0. The first-order valence-electron chi connectivity index (χ1n) is 10.3. The Kier molecular flexibility index (Phi) is 8.65. The van der Waals surface area contributed by atoms with E-state index in [9.17, 15) is 14.7 Å². The van der Waals surface area contributed by atoms with E-state index in [-0.39, 0.29) is 19.8 Å². The molecule has 0 fully saturated rings. The minimum Gasteiger partial charge on any atom is -0.443 e. The van der Waals surface area contributed by atoms with Crippen molar-refractivity contribution in [2.75, 3.05) is 6.61 Å². The molecule has 1 atom stereocenters. The van der Waals surface area contributed by atoms with Crippen molar-refractivity contribution in [3.8, 4) is 0 Å². The fourth-order valence-corrected chi connectivity index (χ4v) is 3.05. The second-order valence-corrected chi connectivity index (χ2v) is 7.11. The van der Waals surface area contributed by atoms with E-state index in [4.69, 9.17) is 9.47 Å². The van der Waals surface area contributed by atoms with E-state index in [1.54, 1.807) is 0 Å². The van der Waals surface area contributed by atoms with Gasteiger partial charge in [-0.3, -0.25) is 0 Å². The number of hydrogen-bond donors (Lipinski definition) is 2. The number of nitrogens with zero attached hydrogens (tertiary/aromatic N) is 1. The van der Waals surface area contributed by atoms with Gasteiger partial charge in [0.1, 0.15) is 13.2 Å². The molecule has 2 N–H and O–H groups in total. The van der Waals surface area contributed by atoms with Crippen molar-refractivity contribution >= 4 is 12.2 Å². The van der Waals surface area contributed by atoms with Crippen LogP contribution in [0.3, 0.4) is 0 Å². The van der Waals surface area contributed by atoms with E-state index in [1.807, 2.05) is 91.0 Å². The van der Waals surface area contributed by atoms with Crippen LogP contribution in [0, 0.1) is 0 Å². The Labute approximate surface area is 187 Å². The average Bonchev–Trinajstić information content (AvgIpc) is 2.85. The summed E-state index contributed by atoms with van der Waals surface area (Å²) in [6, 6.07) is 27.0. The van der Waals surface area contributed by atoms with Gasteiger partial charge in [-0.25, -0.2) is 20.0 Å². The number of nitrogens with one attached hydrogen (secondary N) is 1. The van der Waals surface area contributed by atoms with E-state index >= 15 is 0 Å². The van der Waals surface area contributed by atoms with Crippen LogP contribution in [0.4, 0.5) is 9.59 Å². The predicted molar refractivity (Wildman–Crippen MR) is 119 cm³/mol. The van der Waals surface area contributed by atoms with Crippen LogP contribution in [-0.4, -0.2) is 35.0 Å². The molecule has 0 saturated carbocycles. The van der Waals surface area contributed by atoms with E-state index < -0.39 is 18.2 Å². The first-order valence-corrected chi connectivity index (χ1v) is 10.3. The Morgan fingerprint density at radius 3 is 1.72 bits per heavy atom. The van der Waals surface area contributed by atoms with Gasteiger partial charge in [0.05, 0.1) is 12.6 Å². The molecule has 0 saturated heterocycles. The molecule has 32 heavy (non-hydrogen) atoms. The maximum atomic E-state index is 12.8. The molecule has 0 aliphatic heterocycles. The number of aliphatic hydroxyl groups excluding tert-OH is 1. The highest BCUT2D eigenvalue weighted by atomic mass is 16.6. The number of aliphatic hydroxyl groups is 1. The van der Waals surface area contributed by atoms with E-state index in [0.717, 1.165) is 21.7 Å². The summed E-state index contributed by atoms with van der Waals surface area (Å²) in [6.45, 7) is -0.309. The third-order valence-electron chi connectivity index (χ3n) is 4.72. The first-order chi connectivity index (χ1) is 15.7. The number of hydrazine groups is 1. The van der Waals surface area contributed by atoms with Gasteiger partial charge in [-0.05, 0) is 23.1 Å². The highest BCUT2D eigenvalue weighted by molar-refractivity contribution is 5.74. The van der Waals surface area contributed by atoms with Crippen molar-refractivity contribution in [2.45, 2.75) is 25.7 Å². The number of benzene rings is 3. The quantitative estimate of drug-likeness (QED) is 0.522. The smallest absolute Gasteiger partial charge is 0.429 e. The Bertz CT molecular complexity index is 967. The van der Waals surface area contributed by atoms with Crippen LogP contribution >= 0.6 is 0 Å². The molecule has 0 aliphatic carbocycles. The molecule has 3 rings (SSSR count). The zero-order valence-corrected chi connectivity index (χ0v) is 17.6. The molecule has 0 spiro atoms. The zero-order chi connectivity index (χ0) is 22.6. The largest absolute Gasteiger partial charge is 0.443 e. The topological polar surface area (TPSA) is 88.1 Å². The number of ether oxygens (including phenoxy) is 2. The SMILES string of the molecule is O=C(NN(C(=O)OCc1ccccc1)C(CO)Cc1ccccc1)OCc1ccccc1. The standard InChI is InChI=1S/C25H26N2O5/c28-17-23(16-20-10-4-1-5-11-20)27(25(30)32-19-22-14-8-3-9-15-22)26-24(29)31-18-21-12-6-2-7-13-21/h1-15,23,28H,16-19H2,(H,26,29). The van der Waals surface area contributed by atoms with Crippen LogP contribution in [0.1, 0.15) is 16.7 Å². The monoisotopic (exact) mass is 434 g/mol. The summed E-state index contributed by atoms with van der Waals surface area (Å²) in [7, 11) is 0. The average molecular weight is 434 g/mol. The van der Waals surface area contributed by atoms with Gasteiger partial charge in [0.25, 0.3) is 0 Å². The summed E-state index contributed by atoms with van der Waals surface area (Å²) in [5.41, 5.74) is 4.94. The molecule has 7 heteroatoms. The molecular weight excluding hydrogens is 408 g/mol.